The Balaban J connectivity index is 1.63. The van der Waals surface area contributed by atoms with Gasteiger partial charge in [-0.2, -0.15) is 0 Å². The number of carbonyl (C=O) groups excluding carboxylic acids is 2. The molecule has 1 saturated carbocycles. The predicted molar refractivity (Wildman–Crippen MR) is 120 cm³/mol. The molecular weight excluding hydrogens is 412 g/mol. The lowest BCUT2D eigenvalue weighted by molar-refractivity contribution is -0.132. The molecule has 7 heteroatoms. The van der Waals surface area contributed by atoms with Crippen LogP contribution in [0.25, 0.3) is 0 Å². The first-order chi connectivity index (χ1) is 15.0. The minimum Gasteiger partial charge on any atom is -0.454 e. The molecule has 166 valence electrons. The Hall–Kier alpha value is -2.54. The van der Waals surface area contributed by atoms with Crippen molar-refractivity contribution in [3.05, 3.63) is 46.2 Å². The van der Waals surface area contributed by atoms with Gasteiger partial charge in [-0.25, -0.2) is 0 Å². The van der Waals surface area contributed by atoms with Crippen molar-refractivity contribution >= 4 is 23.2 Å². The fourth-order valence-electron chi connectivity index (χ4n) is 4.28. The van der Waals surface area contributed by atoms with Crippen LogP contribution in [0, 0.1) is 0 Å². The van der Waals surface area contributed by atoms with Gasteiger partial charge in [0.1, 0.15) is 5.54 Å². The molecule has 2 heterocycles. The molecular formula is C24H30N2O4S. The second kappa shape index (κ2) is 9.30. The molecule has 0 radical (unpaired) electrons. The van der Waals surface area contributed by atoms with Crippen molar-refractivity contribution in [2.24, 2.45) is 0 Å². The molecule has 0 bridgehead atoms. The van der Waals surface area contributed by atoms with Gasteiger partial charge in [0.2, 0.25) is 12.7 Å². The van der Waals surface area contributed by atoms with E-state index in [1.807, 2.05) is 31.4 Å². The number of fused-ring (bicyclic) bond motifs is 1. The van der Waals surface area contributed by atoms with Crippen molar-refractivity contribution in [2.75, 3.05) is 6.79 Å². The molecule has 1 fully saturated rings. The maximum Gasteiger partial charge on any atom is 0.255 e. The van der Waals surface area contributed by atoms with Crippen molar-refractivity contribution < 1.29 is 19.1 Å². The van der Waals surface area contributed by atoms with Crippen molar-refractivity contribution in [2.45, 2.75) is 70.5 Å². The summed E-state index contributed by atoms with van der Waals surface area (Å²) in [6.07, 6.45) is 6.04. The van der Waals surface area contributed by atoms with Gasteiger partial charge in [-0.1, -0.05) is 32.3 Å². The van der Waals surface area contributed by atoms with E-state index in [4.69, 9.17) is 9.47 Å². The molecule has 1 atom stereocenters. The van der Waals surface area contributed by atoms with E-state index in [-0.39, 0.29) is 24.6 Å². The summed E-state index contributed by atoms with van der Waals surface area (Å²) in [6.45, 7) is 4.38. The molecule has 6 nitrogen and oxygen atoms in total. The van der Waals surface area contributed by atoms with Crippen molar-refractivity contribution in [3.8, 4) is 11.5 Å². The zero-order chi connectivity index (χ0) is 21.8. The largest absolute Gasteiger partial charge is 0.454 e. The molecule has 1 aromatic carbocycles. The first-order valence-electron chi connectivity index (χ1n) is 11.1. The summed E-state index contributed by atoms with van der Waals surface area (Å²) in [5.74, 6) is 0.934. The van der Waals surface area contributed by atoms with E-state index in [0.29, 0.717) is 30.0 Å². The summed E-state index contributed by atoms with van der Waals surface area (Å²) in [5, 5.41) is 5.23. The third kappa shape index (κ3) is 4.56. The van der Waals surface area contributed by atoms with Gasteiger partial charge >= 0.3 is 0 Å². The molecule has 31 heavy (non-hydrogen) atoms. The van der Waals surface area contributed by atoms with Gasteiger partial charge in [0.05, 0.1) is 6.54 Å². The van der Waals surface area contributed by atoms with Gasteiger partial charge in [0, 0.05) is 16.5 Å². The van der Waals surface area contributed by atoms with E-state index >= 15 is 0 Å². The molecule has 1 N–H and O–H groups in total. The lowest BCUT2D eigenvalue weighted by atomic mass is 9.90. The van der Waals surface area contributed by atoms with Crippen LogP contribution < -0.4 is 14.8 Å². The van der Waals surface area contributed by atoms with E-state index < -0.39 is 5.54 Å². The highest BCUT2D eigenvalue weighted by molar-refractivity contribution is 7.09. The first-order valence-corrected chi connectivity index (χ1v) is 11.9. The minimum atomic E-state index is -0.963. The Kier molecular flexibility index (Phi) is 6.51. The topological polar surface area (TPSA) is 67.9 Å². The van der Waals surface area contributed by atoms with Crippen molar-refractivity contribution in [1.29, 1.82) is 0 Å². The van der Waals surface area contributed by atoms with Crippen LogP contribution in [0.15, 0.2) is 35.7 Å². The second-order valence-corrected chi connectivity index (χ2v) is 9.51. The van der Waals surface area contributed by atoms with Crippen LogP contribution in [0.4, 0.5) is 0 Å². The van der Waals surface area contributed by atoms with Crippen molar-refractivity contribution in [1.82, 2.24) is 10.2 Å². The van der Waals surface area contributed by atoms with Crippen LogP contribution >= 0.6 is 11.3 Å². The smallest absolute Gasteiger partial charge is 0.255 e. The quantitative estimate of drug-likeness (QED) is 0.673. The first kappa shape index (κ1) is 21.7. The summed E-state index contributed by atoms with van der Waals surface area (Å²) in [7, 11) is 0. The van der Waals surface area contributed by atoms with Crippen LogP contribution in [0.5, 0.6) is 11.5 Å². The highest BCUT2D eigenvalue weighted by atomic mass is 32.1. The van der Waals surface area contributed by atoms with Crippen LogP contribution in [0.2, 0.25) is 0 Å². The summed E-state index contributed by atoms with van der Waals surface area (Å²) in [6, 6.07) is 9.36. The highest BCUT2D eigenvalue weighted by Gasteiger charge is 2.42. The summed E-state index contributed by atoms with van der Waals surface area (Å²) < 4.78 is 10.8. The lowest BCUT2D eigenvalue weighted by Gasteiger charge is -2.40. The number of ether oxygens (including phenoxy) is 2. The number of hydrogen-bond acceptors (Lipinski definition) is 5. The Labute approximate surface area is 187 Å². The molecule has 2 amide bonds. The van der Waals surface area contributed by atoms with E-state index in [9.17, 15) is 9.59 Å². The Morgan fingerprint density at radius 2 is 1.94 bits per heavy atom. The minimum absolute atomic E-state index is 0.0763. The van der Waals surface area contributed by atoms with Gasteiger partial charge in [-0.15, -0.1) is 11.3 Å². The SMILES string of the molecule is CCC(C)(C(=O)NC1CCCCC1)N(Cc1cccs1)C(=O)c1ccc2c(c1)OCO2. The number of hydrogen-bond donors (Lipinski definition) is 1. The number of nitrogens with one attached hydrogen (secondary N) is 1. The summed E-state index contributed by atoms with van der Waals surface area (Å²) >= 11 is 1.59. The van der Waals surface area contributed by atoms with Crippen LogP contribution in [0.3, 0.4) is 0 Å². The molecule has 1 aliphatic heterocycles. The molecule has 0 saturated heterocycles. The lowest BCUT2D eigenvalue weighted by Crippen LogP contribution is -2.59. The van der Waals surface area contributed by atoms with Gasteiger partial charge in [-0.05, 0) is 55.8 Å². The Morgan fingerprint density at radius 3 is 2.65 bits per heavy atom. The maximum absolute atomic E-state index is 13.7. The number of amides is 2. The highest BCUT2D eigenvalue weighted by Crippen LogP contribution is 2.34. The third-order valence-electron chi connectivity index (χ3n) is 6.47. The fourth-order valence-corrected chi connectivity index (χ4v) is 4.97. The van der Waals surface area contributed by atoms with Gasteiger partial charge in [0.15, 0.2) is 11.5 Å². The monoisotopic (exact) mass is 442 g/mol. The normalized spacial score (nSPS) is 17.7. The van der Waals surface area contributed by atoms with Crippen LogP contribution in [-0.4, -0.2) is 35.1 Å². The zero-order valence-corrected chi connectivity index (χ0v) is 19.0. The zero-order valence-electron chi connectivity index (χ0n) is 18.2. The molecule has 4 rings (SSSR count). The van der Waals surface area contributed by atoms with E-state index in [1.165, 1.54) is 6.42 Å². The molecule has 1 unspecified atom stereocenters. The molecule has 2 aromatic rings. The average molecular weight is 443 g/mol. The average Bonchev–Trinajstić information content (AvgIpc) is 3.48. The fraction of sp³-hybridized carbons (Fsp3) is 0.500. The van der Waals surface area contributed by atoms with Crippen molar-refractivity contribution in [3.63, 3.8) is 0 Å². The number of carbonyl (C=O) groups is 2. The standard InChI is InChI=1S/C24H30N2O4S/c1-3-24(2,23(28)25-18-8-5-4-6-9-18)26(15-19-10-7-13-31-19)22(27)17-11-12-20-21(14-17)30-16-29-20/h7,10-14,18H,3-6,8-9,15-16H2,1-2H3,(H,25,28). The van der Waals surface area contributed by atoms with Gasteiger partial charge in [-0.3, -0.25) is 9.59 Å². The van der Waals surface area contributed by atoms with E-state index in [1.54, 1.807) is 34.4 Å². The summed E-state index contributed by atoms with van der Waals surface area (Å²) in [4.78, 5) is 30.0. The molecule has 1 aliphatic carbocycles. The third-order valence-corrected chi connectivity index (χ3v) is 7.33. The molecule has 2 aliphatic rings. The van der Waals surface area contributed by atoms with Gasteiger partial charge < -0.3 is 19.7 Å². The number of thiophene rings is 1. The summed E-state index contributed by atoms with van der Waals surface area (Å²) in [5.41, 5.74) is -0.472. The van der Waals surface area contributed by atoms with Crippen LogP contribution in [0.1, 0.15) is 67.6 Å². The molecule has 0 spiro atoms. The van der Waals surface area contributed by atoms with Crippen LogP contribution in [-0.2, 0) is 11.3 Å². The number of benzene rings is 1. The predicted octanol–water partition coefficient (Wildman–Crippen LogP) is 4.74. The number of rotatable bonds is 7. The second-order valence-electron chi connectivity index (χ2n) is 8.47. The Bertz CT molecular complexity index is 924. The van der Waals surface area contributed by atoms with E-state index in [2.05, 4.69) is 5.32 Å². The van der Waals surface area contributed by atoms with Gasteiger partial charge in [0.25, 0.3) is 5.91 Å². The maximum atomic E-state index is 13.7. The molecule has 1 aromatic heterocycles. The number of nitrogens with zero attached hydrogens (tertiary/aromatic N) is 1. The Morgan fingerprint density at radius 1 is 1.16 bits per heavy atom. The van der Waals surface area contributed by atoms with E-state index in [0.717, 1.165) is 30.6 Å².